The van der Waals surface area contributed by atoms with Crippen molar-refractivity contribution < 1.29 is 4.79 Å². The van der Waals surface area contributed by atoms with Crippen molar-refractivity contribution >= 4 is 5.78 Å². The van der Waals surface area contributed by atoms with Crippen molar-refractivity contribution in [3.8, 4) is 0 Å². The van der Waals surface area contributed by atoms with E-state index in [2.05, 4.69) is 35.6 Å². The second-order valence-electron chi connectivity index (χ2n) is 4.96. The van der Waals surface area contributed by atoms with Crippen LogP contribution in [0.3, 0.4) is 0 Å². The Bertz CT molecular complexity index is 358. The molecule has 4 nitrogen and oxygen atoms in total. The minimum Gasteiger partial charge on any atom is -0.335 e. The molecule has 0 aliphatic carbocycles. The van der Waals surface area contributed by atoms with Gasteiger partial charge in [0.2, 0.25) is 0 Å². The van der Waals surface area contributed by atoms with Crippen LogP contribution in [0.25, 0.3) is 0 Å². The Hall–Kier alpha value is -1.16. The molecule has 1 heterocycles. The smallest absolute Gasteiger partial charge is 0.140 e. The average molecular weight is 251 g/mol. The van der Waals surface area contributed by atoms with Crippen molar-refractivity contribution in [1.29, 1.82) is 0 Å². The zero-order valence-corrected chi connectivity index (χ0v) is 11.8. The monoisotopic (exact) mass is 251 g/mol. The van der Waals surface area contributed by atoms with Crippen molar-refractivity contribution in [2.24, 2.45) is 0 Å². The molecule has 102 valence electrons. The third-order valence-electron chi connectivity index (χ3n) is 2.81. The van der Waals surface area contributed by atoms with Crippen molar-refractivity contribution in [3.05, 3.63) is 18.2 Å². The van der Waals surface area contributed by atoms with E-state index in [1.165, 1.54) is 0 Å². The van der Waals surface area contributed by atoms with Gasteiger partial charge in [0.15, 0.2) is 0 Å². The summed E-state index contributed by atoms with van der Waals surface area (Å²) in [5.41, 5.74) is 0. The number of hydrogen-bond acceptors (Lipinski definition) is 3. The van der Waals surface area contributed by atoms with Crippen LogP contribution in [-0.2, 0) is 17.8 Å². The van der Waals surface area contributed by atoms with E-state index < -0.39 is 0 Å². The summed E-state index contributed by atoms with van der Waals surface area (Å²) >= 11 is 0. The first kappa shape index (κ1) is 14.9. The summed E-state index contributed by atoms with van der Waals surface area (Å²) in [6.45, 7) is 8.21. The highest BCUT2D eigenvalue weighted by Crippen LogP contribution is 2.03. The third-order valence-corrected chi connectivity index (χ3v) is 2.81. The minimum absolute atomic E-state index is 0.282. The predicted octanol–water partition coefficient (Wildman–Crippen LogP) is 2.18. The van der Waals surface area contributed by atoms with Gasteiger partial charge in [0.05, 0.1) is 6.42 Å². The van der Waals surface area contributed by atoms with Crippen molar-refractivity contribution in [2.45, 2.75) is 59.0 Å². The van der Waals surface area contributed by atoms with Gasteiger partial charge in [-0.2, -0.15) is 0 Å². The SMILES string of the molecule is CCCn1ccnc1CC(=O)CCCNC(C)C. The lowest BCUT2D eigenvalue weighted by Crippen LogP contribution is -2.24. The van der Waals surface area contributed by atoms with Gasteiger partial charge in [0.25, 0.3) is 0 Å². The van der Waals surface area contributed by atoms with E-state index in [1.807, 2.05) is 6.20 Å². The third kappa shape index (κ3) is 5.45. The van der Waals surface area contributed by atoms with Gasteiger partial charge in [-0.1, -0.05) is 20.8 Å². The number of hydrogen-bond donors (Lipinski definition) is 1. The molecule has 0 aromatic carbocycles. The van der Waals surface area contributed by atoms with Crippen LogP contribution in [0.4, 0.5) is 0 Å². The van der Waals surface area contributed by atoms with E-state index in [0.29, 0.717) is 18.9 Å². The van der Waals surface area contributed by atoms with Crippen molar-refractivity contribution in [1.82, 2.24) is 14.9 Å². The number of rotatable bonds is 9. The number of nitrogens with one attached hydrogen (secondary N) is 1. The molecule has 0 spiro atoms. The maximum Gasteiger partial charge on any atom is 0.140 e. The summed E-state index contributed by atoms with van der Waals surface area (Å²) in [4.78, 5) is 16.1. The van der Waals surface area contributed by atoms with Gasteiger partial charge in [-0.05, 0) is 19.4 Å². The molecule has 1 aromatic heterocycles. The van der Waals surface area contributed by atoms with Gasteiger partial charge in [0.1, 0.15) is 11.6 Å². The fourth-order valence-corrected chi connectivity index (χ4v) is 1.89. The molecule has 0 aliphatic heterocycles. The average Bonchev–Trinajstić information content (AvgIpc) is 2.72. The molecular formula is C14H25N3O. The Balaban J connectivity index is 2.28. The quantitative estimate of drug-likeness (QED) is 0.684. The van der Waals surface area contributed by atoms with Crippen LogP contribution >= 0.6 is 0 Å². The lowest BCUT2D eigenvalue weighted by molar-refractivity contribution is -0.118. The lowest BCUT2D eigenvalue weighted by Gasteiger charge is -2.08. The number of aromatic nitrogens is 2. The molecule has 4 heteroatoms. The second kappa shape index (κ2) is 8.03. The maximum absolute atomic E-state index is 11.8. The summed E-state index contributed by atoms with van der Waals surface area (Å²) in [5, 5.41) is 3.32. The summed E-state index contributed by atoms with van der Waals surface area (Å²) in [5.74, 6) is 1.18. The molecule has 0 unspecified atom stereocenters. The van der Waals surface area contributed by atoms with Crippen LogP contribution in [0.5, 0.6) is 0 Å². The van der Waals surface area contributed by atoms with Crippen LogP contribution in [0.2, 0.25) is 0 Å². The van der Waals surface area contributed by atoms with Gasteiger partial charge in [-0.25, -0.2) is 4.98 Å². The summed E-state index contributed by atoms with van der Waals surface area (Å²) in [7, 11) is 0. The van der Waals surface area contributed by atoms with Gasteiger partial charge < -0.3 is 9.88 Å². The Kier molecular flexibility index (Phi) is 6.65. The van der Waals surface area contributed by atoms with Crippen LogP contribution in [-0.4, -0.2) is 27.9 Å². The van der Waals surface area contributed by atoms with E-state index in [9.17, 15) is 4.79 Å². The van der Waals surface area contributed by atoms with E-state index >= 15 is 0 Å². The molecule has 1 N–H and O–H groups in total. The summed E-state index contributed by atoms with van der Waals surface area (Å²) in [6.07, 6.45) is 6.81. The lowest BCUT2D eigenvalue weighted by atomic mass is 10.1. The molecule has 0 bridgehead atoms. The molecule has 0 amide bonds. The highest BCUT2D eigenvalue weighted by molar-refractivity contribution is 5.80. The maximum atomic E-state index is 11.8. The highest BCUT2D eigenvalue weighted by Gasteiger charge is 2.08. The highest BCUT2D eigenvalue weighted by atomic mass is 16.1. The second-order valence-corrected chi connectivity index (χ2v) is 4.96. The zero-order chi connectivity index (χ0) is 13.4. The van der Waals surface area contributed by atoms with E-state index in [0.717, 1.165) is 31.8 Å². The van der Waals surface area contributed by atoms with Gasteiger partial charge in [-0.3, -0.25) is 4.79 Å². The largest absolute Gasteiger partial charge is 0.335 e. The first-order valence-electron chi connectivity index (χ1n) is 6.88. The van der Waals surface area contributed by atoms with Crippen molar-refractivity contribution in [2.75, 3.05) is 6.54 Å². The van der Waals surface area contributed by atoms with Gasteiger partial charge in [0, 0.05) is 31.4 Å². The zero-order valence-electron chi connectivity index (χ0n) is 11.8. The first-order chi connectivity index (χ1) is 8.63. The number of carbonyl (C=O) groups excluding carboxylic acids is 1. The van der Waals surface area contributed by atoms with Crippen molar-refractivity contribution in [3.63, 3.8) is 0 Å². The molecule has 1 aromatic rings. The van der Waals surface area contributed by atoms with Crippen LogP contribution in [0, 0.1) is 0 Å². The molecule has 0 aliphatic rings. The molecule has 0 saturated carbocycles. The minimum atomic E-state index is 0.282. The van der Waals surface area contributed by atoms with E-state index in [4.69, 9.17) is 0 Å². The van der Waals surface area contributed by atoms with Gasteiger partial charge in [-0.15, -0.1) is 0 Å². The number of nitrogens with zero attached hydrogens (tertiary/aromatic N) is 2. The molecule has 0 saturated heterocycles. The number of Topliss-reactive ketones (excluding diaryl/α,β-unsaturated/α-hetero) is 1. The van der Waals surface area contributed by atoms with E-state index in [1.54, 1.807) is 6.20 Å². The summed E-state index contributed by atoms with van der Waals surface area (Å²) in [6, 6.07) is 0.489. The Morgan fingerprint density at radius 2 is 2.28 bits per heavy atom. The first-order valence-corrected chi connectivity index (χ1v) is 6.88. The molecule has 0 atom stereocenters. The Morgan fingerprint density at radius 3 is 2.94 bits per heavy atom. The summed E-state index contributed by atoms with van der Waals surface area (Å²) < 4.78 is 2.07. The molecular weight excluding hydrogens is 226 g/mol. The van der Waals surface area contributed by atoms with Gasteiger partial charge >= 0.3 is 0 Å². The topological polar surface area (TPSA) is 46.9 Å². The molecule has 18 heavy (non-hydrogen) atoms. The number of ketones is 1. The molecule has 0 radical (unpaired) electrons. The normalized spacial score (nSPS) is 11.1. The molecule has 1 rings (SSSR count). The molecule has 0 fully saturated rings. The fraction of sp³-hybridized carbons (Fsp3) is 0.714. The van der Waals surface area contributed by atoms with E-state index in [-0.39, 0.29) is 5.78 Å². The fourth-order valence-electron chi connectivity index (χ4n) is 1.89. The number of carbonyl (C=O) groups is 1. The van der Waals surface area contributed by atoms with Crippen LogP contribution < -0.4 is 5.32 Å². The predicted molar refractivity (Wildman–Crippen MR) is 73.6 cm³/mol. The Labute approximate surface area is 110 Å². The van der Waals surface area contributed by atoms with Crippen LogP contribution in [0.1, 0.15) is 45.9 Å². The Morgan fingerprint density at radius 1 is 1.50 bits per heavy atom. The standard InChI is InChI=1S/C14H25N3O/c1-4-9-17-10-8-16-14(17)11-13(18)6-5-7-15-12(2)3/h8,10,12,15H,4-7,9,11H2,1-3H3. The van der Waals surface area contributed by atoms with Crippen LogP contribution in [0.15, 0.2) is 12.4 Å². The number of aryl methyl sites for hydroxylation is 1. The number of imidazole rings is 1.